The van der Waals surface area contributed by atoms with Crippen molar-refractivity contribution in [3.8, 4) is 11.5 Å². The van der Waals surface area contributed by atoms with Crippen molar-refractivity contribution in [3.63, 3.8) is 0 Å². The molecule has 1 saturated heterocycles. The van der Waals surface area contributed by atoms with Crippen LogP contribution in [-0.2, 0) is 11.3 Å². The van der Waals surface area contributed by atoms with E-state index in [0.717, 1.165) is 25.2 Å². The van der Waals surface area contributed by atoms with Crippen LogP contribution in [0.1, 0.15) is 12.0 Å². The Balaban J connectivity index is 2.01. The maximum atomic E-state index is 9.09. The summed E-state index contributed by atoms with van der Waals surface area (Å²) in [5.74, 6) is 1.84. The second kappa shape index (κ2) is 5.89. The van der Waals surface area contributed by atoms with Gasteiger partial charge in [0.25, 0.3) is 0 Å². The van der Waals surface area contributed by atoms with Crippen LogP contribution in [0.2, 0.25) is 0 Å². The second-order valence-electron chi connectivity index (χ2n) is 4.18. The molecule has 0 bridgehead atoms. The van der Waals surface area contributed by atoms with Crippen molar-refractivity contribution in [2.75, 3.05) is 26.9 Å². The van der Waals surface area contributed by atoms with Gasteiger partial charge in [-0.15, -0.1) is 0 Å². The van der Waals surface area contributed by atoms with Crippen LogP contribution in [0.5, 0.6) is 11.5 Å². The van der Waals surface area contributed by atoms with Gasteiger partial charge in [0.1, 0.15) is 0 Å². The number of ether oxygens (including phenoxy) is 3. The predicted molar refractivity (Wildman–Crippen MR) is 63.3 cm³/mol. The van der Waals surface area contributed by atoms with Gasteiger partial charge in [0.2, 0.25) is 0 Å². The molecule has 1 N–H and O–H groups in total. The molecule has 2 rings (SSSR count). The number of rotatable bonds is 5. The smallest absolute Gasteiger partial charge is 0.161 e. The van der Waals surface area contributed by atoms with Crippen molar-refractivity contribution in [1.29, 1.82) is 0 Å². The summed E-state index contributed by atoms with van der Waals surface area (Å²) in [6.45, 7) is 2.22. The Bertz CT molecular complexity index is 358. The van der Waals surface area contributed by atoms with Crippen LogP contribution in [0.25, 0.3) is 0 Å². The van der Waals surface area contributed by atoms with Crippen molar-refractivity contribution >= 4 is 0 Å². The fraction of sp³-hybridized carbons (Fsp3) is 0.538. The van der Waals surface area contributed by atoms with Gasteiger partial charge in [-0.1, -0.05) is 6.07 Å². The molecule has 4 nitrogen and oxygen atoms in total. The molecule has 0 saturated carbocycles. The Morgan fingerprint density at radius 3 is 2.94 bits per heavy atom. The maximum absolute atomic E-state index is 9.09. The van der Waals surface area contributed by atoms with Gasteiger partial charge in [-0.25, -0.2) is 0 Å². The molecule has 1 aromatic carbocycles. The zero-order valence-electron chi connectivity index (χ0n) is 10.0. The van der Waals surface area contributed by atoms with Crippen LogP contribution >= 0.6 is 0 Å². The number of aliphatic hydroxyl groups excluding tert-OH is 1. The number of hydrogen-bond acceptors (Lipinski definition) is 4. The number of methoxy groups -OCH3 is 1. The lowest BCUT2D eigenvalue weighted by Gasteiger charge is -2.14. The first-order valence-corrected chi connectivity index (χ1v) is 5.82. The van der Waals surface area contributed by atoms with Crippen LogP contribution in [-0.4, -0.2) is 32.0 Å². The predicted octanol–water partition coefficient (Wildman–Crippen LogP) is 1.60. The van der Waals surface area contributed by atoms with Gasteiger partial charge in [0, 0.05) is 12.5 Å². The summed E-state index contributed by atoms with van der Waals surface area (Å²) < 4.78 is 16.3. The Hall–Kier alpha value is -1.26. The minimum atomic E-state index is 0.00684. The number of aliphatic hydroxyl groups is 1. The number of hydrogen-bond donors (Lipinski definition) is 1. The zero-order chi connectivity index (χ0) is 12.1. The quantitative estimate of drug-likeness (QED) is 0.846. The Morgan fingerprint density at radius 1 is 1.41 bits per heavy atom. The molecule has 94 valence electrons. The molecule has 17 heavy (non-hydrogen) atoms. The van der Waals surface area contributed by atoms with E-state index in [-0.39, 0.29) is 6.61 Å². The van der Waals surface area contributed by atoms with E-state index in [1.54, 1.807) is 7.11 Å². The first-order chi connectivity index (χ1) is 8.33. The van der Waals surface area contributed by atoms with E-state index >= 15 is 0 Å². The van der Waals surface area contributed by atoms with Gasteiger partial charge >= 0.3 is 0 Å². The Kier molecular flexibility index (Phi) is 4.23. The number of benzene rings is 1. The zero-order valence-corrected chi connectivity index (χ0v) is 10.0. The van der Waals surface area contributed by atoms with Crippen molar-refractivity contribution in [2.24, 2.45) is 5.92 Å². The third kappa shape index (κ3) is 3.11. The van der Waals surface area contributed by atoms with E-state index in [1.807, 2.05) is 18.2 Å². The molecule has 0 aliphatic carbocycles. The van der Waals surface area contributed by atoms with E-state index in [1.165, 1.54) is 0 Å². The van der Waals surface area contributed by atoms with E-state index in [0.29, 0.717) is 24.0 Å². The van der Waals surface area contributed by atoms with Crippen LogP contribution in [0.15, 0.2) is 18.2 Å². The average Bonchev–Trinajstić information content (AvgIpc) is 2.89. The van der Waals surface area contributed by atoms with Crippen molar-refractivity contribution in [1.82, 2.24) is 0 Å². The lowest BCUT2D eigenvalue weighted by Crippen LogP contribution is -2.12. The van der Waals surface area contributed by atoms with Gasteiger partial charge in [0.15, 0.2) is 11.5 Å². The fourth-order valence-corrected chi connectivity index (χ4v) is 1.85. The van der Waals surface area contributed by atoms with Crippen LogP contribution in [0, 0.1) is 5.92 Å². The summed E-state index contributed by atoms with van der Waals surface area (Å²) >= 11 is 0. The monoisotopic (exact) mass is 238 g/mol. The van der Waals surface area contributed by atoms with Crippen molar-refractivity contribution in [3.05, 3.63) is 23.8 Å². The molecule has 1 atom stereocenters. The summed E-state index contributed by atoms with van der Waals surface area (Å²) in [6, 6.07) is 5.45. The van der Waals surface area contributed by atoms with Crippen LogP contribution in [0.3, 0.4) is 0 Å². The molecule has 1 aliphatic heterocycles. The average molecular weight is 238 g/mol. The highest BCUT2D eigenvalue weighted by atomic mass is 16.5. The fourth-order valence-electron chi connectivity index (χ4n) is 1.85. The van der Waals surface area contributed by atoms with E-state index in [9.17, 15) is 0 Å². The van der Waals surface area contributed by atoms with Crippen LogP contribution < -0.4 is 9.47 Å². The molecule has 1 aromatic rings. The van der Waals surface area contributed by atoms with E-state index in [2.05, 4.69) is 0 Å². The molecule has 1 aliphatic rings. The Labute approximate surface area is 101 Å². The third-order valence-electron chi connectivity index (χ3n) is 2.91. The lowest BCUT2D eigenvalue weighted by atomic mass is 10.1. The van der Waals surface area contributed by atoms with Crippen LogP contribution in [0.4, 0.5) is 0 Å². The highest BCUT2D eigenvalue weighted by molar-refractivity contribution is 5.42. The largest absolute Gasteiger partial charge is 0.493 e. The van der Waals surface area contributed by atoms with Gasteiger partial charge in [-0.2, -0.15) is 0 Å². The van der Waals surface area contributed by atoms with Gasteiger partial charge in [0.05, 0.1) is 26.9 Å². The summed E-state index contributed by atoms with van der Waals surface area (Å²) in [7, 11) is 1.61. The highest BCUT2D eigenvalue weighted by Gasteiger charge is 2.17. The third-order valence-corrected chi connectivity index (χ3v) is 2.91. The van der Waals surface area contributed by atoms with Crippen molar-refractivity contribution < 1.29 is 19.3 Å². The first kappa shape index (κ1) is 12.2. The van der Waals surface area contributed by atoms with Crippen molar-refractivity contribution in [2.45, 2.75) is 13.0 Å². The normalized spacial score (nSPS) is 19.3. The summed E-state index contributed by atoms with van der Waals surface area (Å²) in [5, 5.41) is 9.09. The lowest BCUT2D eigenvalue weighted by molar-refractivity contribution is 0.165. The minimum Gasteiger partial charge on any atom is -0.493 e. The molecule has 0 spiro atoms. The molecule has 0 amide bonds. The Morgan fingerprint density at radius 2 is 2.29 bits per heavy atom. The molecule has 1 fully saturated rings. The summed E-state index contributed by atoms with van der Waals surface area (Å²) in [5.41, 5.74) is 0.823. The molecule has 1 unspecified atom stereocenters. The maximum Gasteiger partial charge on any atom is 0.161 e. The topological polar surface area (TPSA) is 47.9 Å². The molecule has 1 heterocycles. The van der Waals surface area contributed by atoms with Gasteiger partial charge in [-0.3, -0.25) is 0 Å². The highest BCUT2D eigenvalue weighted by Crippen LogP contribution is 2.29. The standard InChI is InChI=1S/C13H18O4/c1-15-12-3-2-10(7-14)6-13(12)17-9-11-4-5-16-8-11/h2-3,6,11,14H,4-5,7-9H2,1H3. The van der Waals surface area contributed by atoms with Gasteiger partial charge in [-0.05, 0) is 24.1 Å². The van der Waals surface area contributed by atoms with E-state index < -0.39 is 0 Å². The van der Waals surface area contributed by atoms with Gasteiger partial charge < -0.3 is 19.3 Å². The molecular formula is C13H18O4. The first-order valence-electron chi connectivity index (χ1n) is 5.82. The summed E-state index contributed by atoms with van der Waals surface area (Å²) in [4.78, 5) is 0. The molecular weight excluding hydrogens is 220 g/mol. The SMILES string of the molecule is COc1ccc(CO)cc1OCC1CCOC1. The molecule has 0 aromatic heterocycles. The second-order valence-corrected chi connectivity index (χ2v) is 4.18. The summed E-state index contributed by atoms with van der Waals surface area (Å²) in [6.07, 6.45) is 1.04. The molecule has 4 heteroatoms. The van der Waals surface area contributed by atoms with E-state index in [4.69, 9.17) is 19.3 Å². The minimum absolute atomic E-state index is 0.00684. The molecule has 0 radical (unpaired) electrons.